The van der Waals surface area contributed by atoms with Crippen molar-refractivity contribution in [3.63, 3.8) is 0 Å². The van der Waals surface area contributed by atoms with Gasteiger partial charge in [-0.1, -0.05) is 18.2 Å². The number of fused-ring (bicyclic) bond motifs is 2. The summed E-state index contributed by atoms with van der Waals surface area (Å²) in [5, 5.41) is 0. The van der Waals surface area contributed by atoms with Crippen molar-refractivity contribution in [2.45, 2.75) is 19.3 Å². The summed E-state index contributed by atoms with van der Waals surface area (Å²) in [7, 11) is 2.20. The van der Waals surface area contributed by atoms with Crippen molar-refractivity contribution in [2.75, 3.05) is 29.9 Å². The predicted octanol–water partition coefficient (Wildman–Crippen LogP) is 3.76. The van der Waals surface area contributed by atoms with Gasteiger partial charge in [0.05, 0.1) is 0 Å². The van der Waals surface area contributed by atoms with E-state index >= 15 is 0 Å². The van der Waals surface area contributed by atoms with Crippen LogP contribution in [0, 0.1) is 0 Å². The molecule has 0 unspecified atom stereocenters. The molecular weight excluding hydrogens is 244 g/mol. The topological polar surface area (TPSA) is 6.48 Å². The van der Waals surface area contributed by atoms with Crippen molar-refractivity contribution in [1.82, 2.24) is 0 Å². The summed E-state index contributed by atoms with van der Waals surface area (Å²) in [6, 6.07) is 15.8. The van der Waals surface area contributed by atoms with Crippen molar-refractivity contribution in [2.24, 2.45) is 0 Å². The van der Waals surface area contributed by atoms with Crippen LogP contribution in [-0.4, -0.2) is 20.1 Å². The van der Waals surface area contributed by atoms with Crippen molar-refractivity contribution in [3.05, 3.63) is 53.6 Å². The quantitative estimate of drug-likeness (QED) is 0.773. The Morgan fingerprint density at radius 1 is 0.850 bits per heavy atom. The summed E-state index contributed by atoms with van der Waals surface area (Å²) in [5.41, 5.74) is 7.12. The van der Waals surface area contributed by atoms with Gasteiger partial charge in [-0.25, -0.2) is 0 Å². The van der Waals surface area contributed by atoms with Gasteiger partial charge in [0, 0.05) is 37.2 Å². The van der Waals surface area contributed by atoms with Gasteiger partial charge in [-0.3, -0.25) is 0 Å². The van der Waals surface area contributed by atoms with E-state index in [1.165, 1.54) is 47.6 Å². The third-order valence-corrected chi connectivity index (χ3v) is 4.61. The summed E-state index contributed by atoms with van der Waals surface area (Å²) < 4.78 is 0. The molecule has 0 N–H and O–H groups in total. The SMILES string of the molecule is CN1CCCc2cc(N3CCc4ccccc43)ccc21. The van der Waals surface area contributed by atoms with E-state index in [2.05, 4.69) is 59.3 Å². The summed E-state index contributed by atoms with van der Waals surface area (Å²) >= 11 is 0. The van der Waals surface area contributed by atoms with E-state index in [1.807, 2.05) is 0 Å². The minimum absolute atomic E-state index is 1.11. The lowest BCUT2D eigenvalue weighted by atomic mass is 10.0. The number of nitrogens with zero attached hydrogens (tertiary/aromatic N) is 2. The molecule has 0 atom stereocenters. The lowest BCUT2D eigenvalue weighted by Crippen LogP contribution is -2.25. The molecule has 0 fully saturated rings. The van der Waals surface area contributed by atoms with Crippen molar-refractivity contribution in [1.29, 1.82) is 0 Å². The number of hydrogen-bond acceptors (Lipinski definition) is 2. The molecule has 2 heterocycles. The standard InChI is InChI=1S/C18H20N2/c1-19-11-4-6-15-13-16(8-9-17(15)19)20-12-10-14-5-2-3-7-18(14)20/h2-3,5,7-9,13H,4,6,10-12H2,1H3. The van der Waals surface area contributed by atoms with Crippen LogP contribution in [0.2, 0.25) is 0 Å². The monoisotopic (exact) mass is 264 g/mol. The number of para-hydroxylation sites is 1. The molecule has 4 rings (SSSR count). The smallest absolute Gasteiger partial charge is 0.0444 e. The average Bonchev–Trinajstić information content (AvgIpc) is 2.91. The Morgan fingerprint density at radius 2 is 1.75 bits per heavy atom. The first-order valence-corrected chi connectivity index (χ1v) is 7.52. The Kier molecular flexibility index (Phi) is 2.69. The van der Waals surface area contributed by atoms with Crippen LogP contribution in [-0.2, 0) is 12.8 Å². The lowest BCUT2D eigenvalue weighted by molar-refractivity contribution is 0.744. The Labute approximate surface area is 120 Å². The molecule has 0 saturated heterocycles. The van der Waals surface area contributed by atoms with Gasteiger partial charge >= 0.3 is 0 Å². The van der Waals surface area contributed by atoms with Crippen LogP contribution in [0.3, 0.4) is 0 Å². The first-order valence-electron chi connectivity index (χ1n) is 7.52. The summed E-state index contributed by atoms with van der Waals surface area (Å²) in [4.78, 5) is 4.84. The van der Waals surface area contributed by atoms with Gasteiger partial charge < -0.3 is 9.80 Å². The first kappa shape index (κ1) is 11.8. The number of aryl methyl sites for hydroxylation is 1. The second-order valence-corrected chi connectivity index (χ2v) is 5.87. The van der Waals surface area contributed by atoms with Gasteiger partial charge in [0.25, 0.3) is 0 Å². The van der Waals surface area contributed by atoms with E-state index in [9.17, 15) is 0 Å². The lowest BCUT2D eigenvalue weighted by Gasteiger charge is -2.29. The number of anilines is 3. The predicted molar refractivity (Wildman–Crippen MR) is 85.2 cm³/mol. The van der Waals surface area contributed by atoms with E-state index in [0.29, 0.717) is 0 Å². The van der Waals surface area contributed by atoms with Crippen LogP contribution >= 0.6 is 0 Å². The van der Waals surface area contributed by atoms with Gasteiger partial charge in [0.15, 0.2) is 0 Å². The molecule has 0 radical (unpaired) electrons. The number of benzene rings is 2. The molecule has 20 heavy (non-hydrogen) atoms. The maximum absolute atomic E-state index is 2.46. The third-order valence-electron chi connectivity index (χ3n) is 4.61. The molecule has 0 bridgehead atoms. The fraction of sp³-hybridized carbons (Fsp3) is 0.333. The molecule has 2 aromatic carbocycles. The molecule has 2 nitrogen and oxygen atoms in total. The molecular formula is C18H20N2. The van der Waals surface area contributed by atoms with Gasteiger partial charge in [-0.2, -0.15) is 0 Å². The van der Waals surface area contributed by atoms with E-state index in [1.54, 1.807) is 0 Å². The van der Waals surface area contributed by atoms with E-state index < -0.39 is 0 Å². The van der Waals surface area contributed by atoms with E-state index in [-0.39, 0.29) is 0 Å². The van der Waals surface area contributed by atoms with Crippen LogP contribution in [0.25, 0.3) is 0 Å². The molecule has 2 heteroatoms. The van der Waals surface area contributed by atoms with Crippen LogP contribution in [0.4, 0.5) is 17.1 Å². The summed E-state index contributed by atoms with van der Waals surface area (Å²) in [6.45, 7) is 2.28. The first-order chi connectivity index (χ1) is 9.83. The largest absolute Gasteiger partial charge is 0.374 e. The zero-order valence-electron chi connectivity index (χ0n) is 12.0. The van der Waals surface area contributed by atoms with Gasteiger partial charge in [0.1, 0.15) is 0 Å². The van der Waals surface area contributed by atoms with Crippen LogP contribution in [0.1, 0.15) is 17.5 Å². The molecule has 102 valence electrons. The highest BCUT2D eigenvalue weighted by Gasteiger charge is 2.21. The molecule has 0 aromatic heterocycles. The van der Waals surface area contributed by atoms with E-state index in [0.717, 1.165) is 13.0 Å². The fourth-order valence-electron chi connectivity index (χ4n) is 3.55. The molecule has 0 saturated carbocycles. The second kappa shape index (κ2) is 4.55. The van der Waals surface area contributed by atoms with Crippen molar-refractivity contribution in [3.8, 4) is 0 Å². The number of hydrogen-bond donors (Lipinski definition) is 0. The minimum atomic E-state index is 1.11. The van der Waals surface area contributed by atoms with Crippen LogP contribution < -0.4 is 9.80 Å². The Morgan fingerprint density at radius 3 is 2.70 bits per heavy atom. The Bertz CT molecular complexity index is 648. The normalized spacial score (nSPS) is 17.1. The maximum atomic E-state index is 2.46. The molecule has 2 aliphatic heterocycles. The fourth-order valence-corrected chi connectivity index (χ4v) is 3.55. The van der Waals surface area contributed by atoms with Crippen molar-refractivity contribution >= 4 is 17.1 Å². The molecule has 0 aliphatic carbocycles. The highest BCUT2D eigenvalue weighted by atomic mass is 15.2. The third kappa shape index (κ3) is 1.79. The highest BCUT2D eigenvalue weighted by Crippen LogP contribution is 2.37. The van der Waals surface area contributed by atoms with Crippen LogP contribution in [0.15, 0.2) is 42.5 Å². The van der Waals surface area contributed by atoms with Crippen LogP contribution in [0.5, 0.6) is 0 Å². The summed E-state index contributed by atoms with van der Waals surface area (Å²) in [6.07, 6.45) is 3.64. The van der Waals surface area contributed by atoms with E-state index in [4.69, 9.17) is 0 Å². The average molecular weight is 264 g/mol. The maximum Gasteiger partial charge on any atom is 0.0444 e. The summed E-state index contributed by atoms with van der Waals surface area (Å²) in [5.74, 6) is 0. The molecule has 0 amide bonds. The van der Waals surface area contributed by atoms with Gasteiger partial charge in [-0.05, 0) is 54.7 Å². The molecule has 0 spiro atoms. The Balaban J connectivity index is 1.74. The minimum Gasteiger partial charge on any atom is -0.374 e. The zero-order chi connectivity index (χ0) is 13.5. The number of rotatable bonds is 1. The molecule has 2 aromatic rings. The highest BCUT2D eigenvalue weighted by molar-refractivity contribution is 5.72. The van der Waals surface area contributed by atoms with Gasteiger partial charge in [-0.15, -0.1) is 0 Å². The van der Waals surface area contributed by atoms with Gasteiger partial charge in [0.2, 0.25) is 0 Å². The van der Waals surface area contributed by atoms with Crippen molar-refractivity contribution < 1.29 is 0 Å². The molecule has 2 aliphatic rings. The zero-order valence-corrected chi connectivity index (χ0v) is 12.0. The Hall–Kier alpha value is -1.96. The second-order valence-electron chi connectivity index (χ2n) is 5.87.